The molecule has 7 heteroatoms. The minimum absolute atomic E-state index is 0.00465. The topological polar surface area (TPSA) is 95.9 Å². The second-order valence-electron chi connectivity index (χ2n) is 4.40. The van der Waals surface area contributed by atoms with Crippen LogP contribution in [-0.2, 0) is 14.6 Å². The van der Waals surface area contributed by atoms with E-state index in [0.29, 0.717) is 31.9 Å². The average molecular weight is 303 g/mol. The molecular formula is C13H21NO5S. The second kappa shape index (κ2) is 8.33. The second-order valence-corrected chi connectivity index (χ2v) is 6.41. The highest BCUT2D eigenvalue weighted by atomic mass is 32.2. The van der Waals surface area contributed by atoms with Crippen LogP contribution in [0.25, 0.3) is 0 Å². The van der Waals surface area contributed by atoms with Gasteiger partial charge < -0.3 is 20.3 Å². The van der Waals surface area contributed by atoms with Gasteiger partial charge in [-0.25, -0.2) is 8.42 Å². The van der Waals surface area contributed by atoms with E-state index < -0.39 is 15.9 Å². The molecule has 0 saturated heterocycles. The molecule has 1 aromatic carbocycles. The summed E-state index contributed by atoms with van der Waals surface area (Å²) in [6.07, 6.45) is 0.438. The van der Waals surface area contributed by atoms with Crippen molar-refractivity contribution < 1.29 is 23.4 Å². The highest BCUT2D eigenvalue weighted by molar-refractivity contribution is 7.90. The first-order valence-corrected chi connectivity index (χ1v) is 8.21. The van der Waals surface area contributed by atoms with Crippen LogP contribution in [-0.4, -0.2) is 57.8 Å². The zero-order chi connectivity index (χ0) is 15.0. The monoisotopic (exact) mass is 303 g/mol. The van der Waals surface area contributed by atoms with Crippen LogP contribution in [0.3, 0.4) is 0 Å². The van der Waals surface area contributed by atoms with E-state index in [2.05, 4.69) is 5.32 Å². The van der Waals surface area contributed by atoms with Gasteiger partial charge in [0.2, 0.25) is 0 Å². The Morgan fingerprint density at radius 3 is 2.45 bits per heavy atom. The van der Waals surface area contributed by atoms with Crippen LogP contribution in [0.1, 0.15) is 11.7 Å². The normalized spacial score (nSPS) is 13.3. The summed E-state index contributed by atoms with van der Waals surface area (Å²) in [6.45, 7) is 1.67. The lowest BCUT2D eigenvalue weighted by Gasteiger charge is -2.12. The van der Waals surface area contributed by atoms with Gasteiger partial charge in [0.05, 0.1) is 30.8 Å². The van der Waals surface area contributed by atoms with Gasteiger partial charge in [0.25, 0.3) is 0 Å². The number of rotatable bonds is 9. The van der Waals surface area contributed by atoms with Gasteiger partial charge in [-0.2, -0.15) is 0 Å². The molecule has 0 aliphatic carbocycles. The number of benzene rings is 1. The fourth-order valence-electron chi connectivity index (χ4n) is 1.60. The molecule has 20 heavy (non-hydrogen) atoms. The standard InChI is InChI=1S/C13H21NO5S/c1-20(17,18)12-4-2-11(3-5-12)13(16)10-14-6-8-19-9-7-15/h2-5,13-16H,6-10H2,1H3. The number of aliphatic hydroxyl groups excluding tert-OH is 2. The molecule has 1 rings (SSSR count). The van der Waals surface area contributed by atoms with Gasteiger partial charge in [-0.05, 0) is 17.7 Å². The quantitative estimate of drug-likeness (QED) is 0.543. The molecule has 0 bridgehead atoms. The van der Waals surface area contributed by atoms with Crippen LogP contribution in [0.5, 0.6) is 0 Å². The zero-order valence-electron chi connectivity index (χ0n) is 11.4. The molecule has 0 heterocycles. The van der Waals surface area contributed by atoms with Gasteiger partial charge in [0.15, 0.2) is 9.84 Å². The van der Waals surface area contributed by atoms with Crippen LogP contribution in [0, 0.1) is 0 Å². The lowest BCUT2D eigenvalue weighted by molar-refractivity contribution is 0.0910. The van der Waals surface area contributed by atoms with Gasteiger partial charge in [-0.1, -0.05) is 12.1 Å². The molecule has 114 valence electrons. The molecule has 0 saturated carbocycles. The Bertz CT molecular complexity index is 486. The third kappa shape index (κ3) is 5.98. The van der Waals surface area contributed by atoms with Crippen LogP contribution in [0.2, 0.25) is 0 Å². The van der Waals surface area contributed by atoms with E-state index >= 15 is 0 Å². The Hall–Kier alpha value is -0.990. The van der Waals surface area contributed by atoms with Crippen molar-refractivity contribution in [3.05, 3.63) is 29.8 Å². The van der Waals surface area contributed by atoms with Crippen molar-refractivity contribution in [2.24, 2.45) is 0 Å². The maximum Gasteiger partial charge on any atom is 0.175 e. The number of hydrogen-bond donors (Lipinski definition) is 3. The minimum Gasteiger partial charge on any atom is -0.394 e. The van der Waals surface area contributed by atoms with Crippen LogP contribution in [0.15, 0.2) is 29.2 Å². The first kappa shape index (κ1) is 17.1. The Kier molecular flexibility index (Phi) is 7.11. The summed E-state index contributed by atoms with van der Waals surface area (Å²) in [5, 5.41) is 21.4. The molecule has 1 atom stereocenters. The maximum absolute atomic E-state index is 11.3. The predicted octanol–water partition coefficient (Wildman–Crippen LogP) is -0.278. The maximum atomic E-state index is 11.3. The molecule has 3 N–H and O–H groups in total. The van der Waals surface area contributed by atoms with Crippen molar-refractivity contribution in [1.29, 1.82) is 0 Å². The molecule has 6 nitrogen and oxygen atoms in total. The number of hydrogen-bond acceptors (Lipinski definition) is 6. The third-order valence-corrected chi connectivity index (χ3v) is 3.82. The van der Waals surface area contributed by atoms with Crippen molar-refractivity contribution in [3.8, 4) is 0 Å². The lowest BCUT2D eigenvalue weighted by atomic mass is 10.1. The van der Waals surface area contributed by atoms with E-state index in [-0.39, 0.29) is 11.5 Å². The minimum atomic E-state index is -3.21. The Morgan fingerprint density at radius 2 is 1.90 bits per heavy atom. The van der Waals surface area contributed by atoms with E-state index in [9.17, 15) is 13.5 Å². The average Bonchev–Trinajstić information content (AvgIpc) is 2.41. The molecule has 1 aromatic rings. The molecule has 1 unspecified atom stereocenters. The number of aliphatic hydroxyl groups is 2. The summed E-state index contributed by atoms with van der Waals surface area (Å²) >= 11 is 0. The zero-order valence-corrected chi connectivity index (χ0v) is 12.3. The molecule has 0 aliphatic heterocycles. The highest BCUT2D eigenvalue weighted by Gasteiger charge is 2.10. The number of sulfone groups is 1. The number of ether oxygens (including phenoxy) is 1. The molecule has 0 aliphatic rings. The molecular weight excluding hydrogens is 282 g/mol. The van der Waals surface area contributed by atoms with Gasteiger partial charge >= 0.3 is 0 Å². The van der Waals surface area contributed by atoms with Gasteiger partial charge in [-0.15, -0.1) is 0 Å². The largest absolute Gasteiger partial charge is 0.394 e. The van der Waals surface area contributed by atoms with E-state index in [1.807, 2.05) is 0 Å². The van der Waals surface area contributed by atoms with E-state index in [4.69, 9.17) is 9.84 Å². The van der Waals surface area contributed by atoms with Gasteiger partial charge in [0, 0.05) is 19.3 Å². The first-order chi connectivity index (χ1) is 9.45. The van der Waals surface area contributed by atoms with E-state index in [0.717, 1.165) is 6.26 Å². The van der Waals surface area contributed by atoms with Crippen molar-refractivity contribution in [3.63, 3.8) is 0 Å². The van der Waals surface area contributed by atoms with Crippen molar-refractivity contribution in [2.45, 2.75) is 11.0 Å². The Balaban J connectivity index is 2.38. The summed E-state index contributed by atoms with van der Waals surface area (Å²) in [6, 6.07) is 6.17. The number of nitrogens with one attached hydrogen (secondary N) is 1. The third-order valence-electron chi connectivity index (χ3n) is 2.69. The Morgan fingerprint density at radius 1 is 1.25 bits per heavy atom. The highest BCUT2D eigenvalue weighted by Crippen LogP contribution is 2.15. The fraction of sp³-hybridized carbons (Fsp3) is 0.538. The van der Waals surface area contributed by atoms with E-state index in [1.165, 1.54) is 12.1 Å². The van der Waals surface area contributed by atoms with Crippen LogP contribution < -0.4 is 5.32 Å². The summed E-state index contributed by atoms with van der Waals surface area (Å²) < 4.78 is 27.7. The summed E-state index contributed by atoms with van der Waals surface area (Å²) in [5.74, 6) is 0. The molecule has 0 spiro atoms. The van der Waals surface area contributed by atoms with E-state index in [1.54, 1.807) is 12.1 Å². The predicted molar refractivity (Wildman–Crippen MR) is 75.3 cm³/mol. The van der Waals surface area contributed by atoms with Gasteiger partial charge in [-0.3, -0.25) is 0 Å². The molecule has 0 amide bonds. The molecule has 0 radical (unpaired) electrons. The van der Waals surface area contributed by atoms with Crippen LogP contribution >= 0.6 is 0 Å². The smallest absolute Gasteiger partial charge is 0.175 e. The van der Waals surface area contributed by atoms with Crippen molar-refractivity contribution in [1.82, 2.24) is 5.32 Å². The van der Waals surface area contributed by atoms with Crippen LogP contribution in [0.4, 0.5) is 0 Å². The summed E-state index contributed by atoms with van der Waals surface area (Å²) in [4.78, 5) is 0.235. The molecule has 0 fully saturated rings. The molecule has 0 aromatic heterocycles. The summed E-state index contributed by atoms with van der Waals surface area (Å²) in [7, 11) is -3.21. The van der Waals surface area contributed by atoms with Crippen molar-refractivity contribution in [2.75, 3.05) is 39.2 Å². The lowest BCUT2D eigenvalue weighted by Crippen LogP contribution is -2.25. The SMILES string of the molecule is CS(=O)(=O)c1ccc(C(O)CNCCOCCO)cc1. The van der Waals surface area contributed by atoms with Crippen molar-refractivity contribution >= 4 is 9.84 Å². The van der Waals surface area contributed by atoms with Gasteiger partial charge in [0.1, 0.15) is 0 Å². The Labute approximate surface area is 119 Å². The first-order valence-electron chi connectivity index (χ1n) is 6.32. The fourth-order valence-corrected chi connectivity index (χ4v) is 2.24. The summed E-state index contributed by atoms with van der Waals surface area (Å²) in [5.41, 5.74) is 0.654.